The molecular formula is C27H33N3O3S. The maximum absolute atomic E-state index is 12.5. The van der Waals surface area contributed by atoms with Crippen LogP contribution in [0.1, 0.15) is 65.3 Å². The number of hydrogen-bond acceptors (Lipinski definition) is 5. The molecule has 2 heterocycles. The van der Waals surface area contributed by atoms with Gasteiger partial charge < -0.3 is 9.47 Å². The van der Waals surface area contributed by atoms with Crippen molar-refractivity contribution in [1.82, 2.24) is 14.4 Å². The Kier molecular flexibility index (Phi) is 7.95. The van der Waals surface area contributed by atoms with Crippen LogP contribution in [0.3, 0.4) is 0 Å². The van der Waals surface area contributed by atoms with Gasteiger partial charge in [0.1, 0.15) is 0 Å². The summed E-state index contributed by atoms with van der Waals surface area (Å²) >= 11 is 1.31. The molecule has 2 aromatic carbocycles. The number of benzene rings is 2. The Bertz CT molecular complexity index is 1190. The van der Waals surface area contributed by atoms with Crippen LogP contribution in [0.2, 0.25) is 0 Å². The molecule has 0 unspecified atom stereocenters. The zero-order chi connectivity index (χ0) is 24.1. The van der Waals surface area contributed by atoms with Crippen molar-refractivity contribution < 1.29 is 9.59 Å². The van der Waals surface area contributed by atoms with Crippen LogP contribution in [0.15, 0.2) is 47.3 Å². The summed E-state index contributed by atoms with van der Waals surface area (Å²) < 4.78 is 2.77. The molecule has 0 radical (unpaired) electrons. The molecule has 0 spiro atoms. The third-order valence-electron chi connectivity index (χ3n) is 6.57. The fourth-order valence-electron chi connectivity index (χ4n) is 4.70. The van der Waals surface area contributed by atoms with Crippen LogP contribution in [-0.4, -0.2) is 52.4 Å². The Morgan fingerprint density at radius 1 is 0.853 bits per heavy atom. The van der Waals surface area contributed by atoms with Gasteiger partial charge in [0.15, 0.2) is 0 Å². The van der Waals surface area contributed by atoms with Crippen molar-refractivity contribution in [3.8, 4) is 0 Å². The Balaban J connectivity index is 1.19. The number of carbonyl (C=O) groups is 2. The number of carbonyl (C=O) groups excluding carboxylic acids is 2. The Labute approximate surface area is 204 Å². The van der Waals surface area contributed by atoms with E-state index in [1.165, 1.54) is 21.8 Å². The van der Waals surface area contributed by atoms with Gasteiger partial charge in [-0.1, -0.05) is 36.5 Å². The summed E-state index contributed by atoms with van der Waals surface area (Å²) in [5.74, 6) is -0.320. The van der Waals surface area contributed by atoms with E-state index in [9.17, 15) is 14.4 Å². The minimum Gasteiger partial charge on any atom is -0.303 e. The monoisotopic (exact) mass is 479 g/mol. The lowest BCUT2D eigenvalue weighted by atomic mass is 10.1. The number of amides is 2. The smallest absolute Gasteiger partial charge is 0.303 e. The van der Waals surface area contributed by atoms with Gasteiger partial charge in [-0.15, -0.1) is 0 Å². The molecule has 0 N–H and O–H groups in total. The molecule has 0 saturated carbocycles. The van der Waals surface area contributed by atoms with E-state index in [2.05, 4.69) is 30.0 Å². The molecule has 2 amide bonds. The van der Waals surface area contributed by atoms with Crippen molar-refractivity contribution in [2.75, 3.05) is 26.2 Å². The van der Waals surface area contributed by atoms with Crippen LogP contribution in [0.25, 0.3) is 10.2 Å². The zero-order valence-electron chi connectivity index (χ0n) is 20.1. The molecule has 180 valence electrons. The van der Waals surface area contributed by atoms with E-state index in [0.717, 1.165) is 68.4 Å². The van der Waals surface area contributed by atoms with E-state index in [4.69, 9.17) is 0 Å². The molecule has 3 aromatic rings. The largest absolute Gasteiger partial charge is 0.307 e. The number of aromatic nitrogens is 1. The number of rotatable bonds is 12. The van der Waals surface area contributed by atoms with E-state index in [0.29, 0.717) is 17.7 Å². The van der Waals surface area contributed by atoms with Crippen molar-refractivity contribution >= 4 is 33.4 Å². The predicted molar refractivity (Wildman–Crippen MR) is 138 cm³/mol. The second-order valence-electron chi connectivity index (χ2n) is 9.04. The summed E-state index contributed by atoms with van der Waals surface area (Å²) in [6.07, 6.45) is 6.17. The highest BCUT2D eigenvalue weighted by molar-refractivity contribution is 7.16. The van der Waals surface area contributed by atoms with E-state index >= 15 is 0 Å². The first-order valence-corrected chi connectivity index (χ1v) is 13.1. The number of unbranched alkanes of at least 4 members (excludes halogenated alkanes) is 2. The van der Waals surface area contributed by atoms with E-state index in [1.807, 2.05) is 7.05 Å². The molecule has 0 atom stereocenters. The van der Waals surface area contributed by atoms with Crippen LogP contribution in [0, 0.1) is 0 Å². The van der Waals surface area contributed by atoms with Crippen LogP contribution >= 0.6 is 11.3 Å². The Morgan fingerprint density at radius 2 is 1.53 bits per heavy atom. The molecular weight excluding hydrogens is 446 g/mol. The zero-order valence-corrected chi connectivity index (χ0v) is 20.9. The van der Waals surface area contributed by atoms with E-state index in [-0.39, 0.29) is 16.7 Å². The van der Waals surface area contributed by atoms with Crippen molar-refractivity contribution in [3.63, 3.8) is 0 Å². The lowest BCUT2D eigenvalue weighted by Crippen LogP contribution is -2.32. The van der Waals surface area contributed by atoms with Gasteiger partial charge >= 0.3 is 4.87 Å². The molecule has 1 aliphatic heterocycles. The maximum Gasteiger partial charge on any atom is 0.307 e. The van der Waals surface area contributed by atoms with Gasteiger partial charge in [-0.3, -0.25) is 19.3 Å². The molecule has 1 aromatic heterocycles. The summed E-state index contributed by atoms with van der Waals surface area (Å²) in [4.78, 5) is 40.8. The summed E-state index contributed by atoms with van der Waals surface area (Å²) in [6.45, 7) is 5.80. The second-order valence-corrected chi connectivity index (χ2v) is 10.0. The van der Waals surface area contributed by atoms with E-state index in [1.54, 1.807) is 28.8 Å². The predicted octanol–water partition coefficient (Wildman–Crippen LogP) is 4.71. The average Bonchev–Trinajstić information content (AvgIpc) is 3.26. The van der Waals surface area contributed by atoms with Gasteiger partial charge in [0.05, 0.1) is 21.3 Å². The Morgan fingerprint density at radius 3 is 2.21 bits per heavy atom. The standard InChI is InChI=1S/C27H33N3O3S/c1-3-15-29(16-7-6-10-20-13-14-23-24(19-20)34-27(33)28(23)2)17-8-9-18-30-25(31)21-11-4-5-12-22(21)26(30)32/h4-5,11-14,19H,3,6-10,15-18H2,1-2H3. The maximum atomic E-state index is 12.5. The molecule has 0 saturated heterocycles. The minimum atomic E-state index is -0.160. The first-order valence-electron chi connectivity index (χ1n) is 12.3. The van der Waals surface area contributed by atoms with Crippen LogP contribution in [0.5, 0.6) is 0 Å². The fraction of sp³-hybridized carbons (Fsp3) is 0.444. The van der Waals surface area contributed by atoms with Crippen molar-refractivity contribution in [2.24, 2.45) is 7.05 Å². The molecule has 7 heteroatoms. The summed E-state index contributed by atoms with van der Waals surface area (Å²) in [5, 5.41) is 0. The number of aryl methyl sites for hydroxylation is 2. The third-order valence-corrected chi connectivity index (χ3v) is 7.57. The third kappa shape index (κ3) is 5.31. The SMILES string of the molecule is CCCN(CCCCc1ccc2c(c1)sc(=O)n2C)CCCCN1C(=O)c2ccccc2C1=O. The van der Waals surface area contributed by atoms with Crippen LogP contribution < -0.4 is 4.87 Å². The van der Waals surface area contributed by atoms with Crippen LogP contribution in [0.4, 0.5) is 0 Å². The lowest BCUT2D eigenvalue weighted by Gasteiger charge is -2.22. The number of imide groups is 1. The highest BCUT2D eigenvalue weighted by atomic mass is 32.1. The normalized spacial score (nSPS) is 13.4. The quantitative estimate of drug-likeness (QED) is 0.279. The molecule has 4 rings (SSSR count). The van der Waals surface area contributed by atoms with Crippen molar-refractivity contribution in [2.45, 2.75) is 45.4 Å². The number of nitrogens with zero attached hydrogens (tertiary/aromatic N) is 3. The molecule has 6 nitrogen and oxygen atoms in total. The highest BCUT2D eigenvalue weighted by Crippen LogP contribution is 2.23. The van der Waals surface area contributed by atoms with Gasteiger partial charge in [-0.2, -0.15) is 0 Å². The summed E-state index contributed by atoms with van der Waals surface area (Å²) in [5.41, 5.74) is 3.35. The van der Waals surface area contributed by atoms with Gasteiger partial charge in [0.2, 0.25) is 0 Å². The first kappa shape index (κ1) is 24.4. The molecule has 0 fully saturated rings. The molecule has 0 aliphatic carbocycles. The van der Waals surface area contributed by atoms with Gasteiger partial charge in [0, 0.05) is 13.6 Å². The Hall–Kier alpha value is -2.77. The number of thiazole rings is 1. The minimum absolute atomic E-state index is 0.0883. The highest BCUT2D eigenvalue weighted by Gasteiger charge is 2.34. The molecule has 0 bridgehead atoms. The first-order chi connectivity index (χ1) is 16.5. The summed E-state index contributed by atoms with van der Waals surface area (Å²) in [6, 6.07) is 13.4. The van der Waals surface area contributed by atoms with Gasteiger partial charge in [-0.25, -0.2) is 0 Å². The fourth-order valence-corrected chi connectivity index (χ4v) is 5.64. The topological polar surface area (TPSA) is 62.6 Å². The molecule has 1 aliphatic rings. The van der Waals surface area contributed by atoms with E-state index < -0.39 is 0 Å². The number of hydrogen-bond donors (Lipinski definition) is 0. The van der Waals surface area contributed by atoms with Crippen molar-refractivity contribution in [3.05, 3.63) is 68.8 Å². The summed E-state index contributed by atoms with van der Waals surface area (Å²) in [7, 11) is 1.82. The average molecular weight is 480 g/mol. The van der Waals surface area contributed by atoms with Crippen LogP contribution in [-0.2, 0) is 13.5 Å². The number of fused-ring (bicyclic) bond motifs is 2. The lowest BCUT2D eigenvalue weighted by molar-refractivity contribution is 0.0650. The second kappa shape index (κ2) is 11.1. The van der Waals surface area contributed by atoms with Crippen molar-refractivity contribution in [1.29, 1.82) is 0 Å². The van der Waals surface area contributed by atoms with Gasteiger partial charge in [-0.05, 0) is 88.0 Å². The van der Waals surface area contributed by atoms with Gasteiger partial charge in [0.25, 0.3) is 11.8 Å². The molecule has 34 heavy (non-hydrogen) atoms.